The Labute approximate surface area is 727 Å². The molecule has 0 amide bonds. The van der Waals surface area contributed by atoms with Crippen LogP contribution >= 0.6 is 7.82 Å². The van der Waals surface area contributed by atoms with Crippen LogP contribution in [0.2, 0.25) is 0 Å². The largest absolute Gasteiger partial charge is 0.584 e. The first-order valence-corrected chi connectivity index (χ1v) is 48.7. The van der Waals surface area contributed by atoms with Crippen LogP contribution in [0.3, 0.4) is 0 Å². The van der Waals surface area contributed by atoms with Crippen LogP contribution in [0, 0.1) is 0 Å². The number of phosphoric acid groups is 1. The summed E-state index contributed by atoms with van der Waals surface area (Å²) in [6.45, 7) is 9.10. The fourth-order valence-electron chi connectivity index (χ4n) is 19.5. The summed E-state index contributed by atoms with van der Waals surface area (Å²) in [7, 11) is -3.69. The number of phosphoric ester groups is 1. The van der Waals surface area contributed by atoms with E-state index in [1.807, 2.05) is 84.9 Å². The molecule has 8 bridgehead atoms. The molecular formula is C106H125N4O12P. The number of aromatic nitrogens is 4. The number of carbonyl (C=O) groups is 1. The maximum atomic E-state index is 15.7. The lowest BCUT2D eigenvalue weighted by molar-refractivity contribution is 0.0601. The SMILES string of the molecule is CCCCCCCCCCCC1c2cc3c4cc2Oc2cc5ccc(-c6ccccc6C(=O)OC)cc5cc2Oc2cc5c(cc21)C(CCCCCCCCCCC)c1cc2c(cc1Oc1nc6ccccc6nc1O5)OP(=O)(O)Oc1cc(c(cc1C2CCCCCCCCCCC)C3CCCCCCCCCCC)Oc1nc2ccccc2nc1O4. The van der Waals surface area contributed by atoms with Gasteiger partial charge in [0.1, 0.15) is 46.0 Å². The van der Waals surface area contributed by atoms with Crippen molar-refractivity contribution < 1.29 is 56.5 Å². The number of nitrogens with zero attached hydrogens (tertiary/aromatic N) is 4. The van der Waals surface area contributed by atoms with Gasteiger partial charge in [-0.15, -0.1) is 0 Å². The van der Waals surface area contributed by atoms with Gasteiger partial charge in [-0.05, 0) is 120 Å². The summed E-state index contributed by atoms with van der Waals surface area (Å²) in [4.78, 5) is 47.5. The molecule has 6 heterocycles. The predicted molar refractivity (Wildman–Crippen MR) is 492 cm³/mol. The van der Waals surface area contributed by atoms with Gasteiger partial charge in [0.2, 0.25) is 0 Å². The highest BCUT2D eigenvalue weighted by molar-refractivity contribution is 7.48. The molecule has 5 aliphatic rings. The van der Waals surface area contributed by atoms with E-state index in [4.69, 9.17) is 62.1 Å². The zero-order valence-corrected chi connectivity index (χ0v) is 74.1. The molecular weight excluding hydrogens is 1550 g/mol. The number of hydrogen-bond acceptors (Lipinski definition) is 15. The fourth-order valence-corrected chi connectivity index (χ4v) is 20.4. The Morgan fingerprint density at radius 3 is 0.911 bits per heavy atom. The molecule has 11 aromatic rings. The minimum atomic E-state index is -5.10. The van der Waals surface area contributed by atoms with Gasteiger partial charge in [0.05, 0.1) is 34.7 Å². The summed E-state index contributed by atoms with van der Waals surface area (Å²) in [5.41, 5.74) is 11.3. The third-order valence-corrected chi connectivity index (χ3v) is 27.1. The van der Waals surface area contributed by atoms with Gasteiger partial charge < -0.3 is 42.2 Å². The number of hydrogen-bond donors (Lipinski definition) is 1. The van der Waals surface area contributed by atoms with Crippen LogP contribution in [-0.2, 0) is 9.30 Å². The van der Waals surface area contributed by atoms with Gasteiger partial charge in [-0.2, -0.15) is 0 Å². The Hall–Kier alpha value is -10.0. The number of carbonyl (C=O) groups excluding carboxylic acids is 1. The fraction of sp³-hybridized carbons (Fsp3) is 0.462. The number of benzene rings is 9. The van der Waals surface area contributed by atoms with Crippen LogP contribution in [0.15, 0.2) is 152 Å². The van der Waals surface area contributed by atoms with Crippen molar-refractivity contribution in [3.63, 3.8) is 0 Å². The molecule has 4 aliphatic heterocycles. The molecule has 0 saturated heterocycles. The highest BCUT2D eigenvalue weighted by Crippen LogP contribution is 2.62. The second-order valence-corrected chi connectivity index (χ2v) is 36.5. The lowest BCUT2D eigenvalue weighted by Crippen LogP contribution is -2.16. The van der Waals surface area contributed by atoms with Crippen LogP contribution in [0.5, 0.6) is 81.0 Å². The van der Waals surface area contributed by atoms with Crippen molar-refractivity contribution in [2.24, 2.45) is 0 Å². The molecule has 9 aromatic carbocycles. The summed E-state index contributed by atoms with van der Waals surface area (Å²) in [5.74, 6) is 2.59. The lowest BCUT2D eigenvalue weighted by Gasteiger charge is -2.32. The number of esters is 1. The Balaban J connectivity index is 0.989. The third-order valence-electron chi connectivity index (χ3n) is 26.2. The number of rotatable bonds is 42. The van der Waals surface area contributed by atoms with Gasteiger partial charge in [-0.3, -0.25) is 4.89 Å². The molecule has 5 atom stereocenters. The van der Waals surface area contributed by atoms with Crippen molar-refractivity contribution in [1.29, 1.82) is 0 Å². The van der Waals surface area contributed by atoms with E-state index in [-0.39, 0.29) is 35.0 Å². The van der Waals surface area contributed by atoms with Crippen molar-refractivity contribution in [3.8, 4) is 92.1 Å². The van der Waals surface area contributed by atoms with E-state index in [1.54, 1.807) is 6.07 Å². The molecule has 5 unspecified atom stereocenters. The molecule has 16 nitrogen and oxygen atoms in total. The Kier molecular flexibility index (Phi) is 29.3. The Morgan fingerprint density at radius 1 is 0.309 bits per heavy atom. The average Bonchev–Trinajstić information content (AvgIpc) is 1.66. The predicted octanol–water partition coefficient (Wildman–Crippen LogP) is 32.3. The molecule has 16 rings (SSSR count). The quantitative estimate of drug-likeness (QED) is 0.0216. The second-order valence-electron chi connectivity index (χ2n) is 35.2. The van der Waals surface area contributed by atoms with E-state index in [0.717, 1.165) is 169 Å². The number of ether oxygens (including phenoxy) is 7. The highest BCUT2D eigenvalue weighted by Gasteiger charge is 2.42. The first-order valence-electron chi connectivity index (χ1n) is 47.2. The summed E-state index contributed by atoms with van der Waals surface area (Å²) in [5, 5.41) is 1.72. The monoisotopic (exact) mass is 1680 g/mol. The van der Waals surface area contributed by atoms with Gasteiger partial charge in [-0.25, -0.2) is 29.3 Å². The summed E-state index contributed by atoms with van der Waals surface area (Å²) < 4.78 is 80.3. The standard InChI is InChI=1S/C106H125N4O12P/c1-6-10-14-18-22-26-30-34-38-49-75-80-63-82-76(50-39-35-31-27-23-19-15-11-7-2)84-65-86-78(52-41-37-33-29-25-21-17-13-9-4)87-66-85-77(51-40-36-32-28-24-20-16-12-8-3)83-64-81(75)93-68-95(83)118-103-105(110-91-57-47-45-55-89(91)108-103)120-97(85)70-99(87)122-123(112,113)121-98(86)69-96(84)119-104-102(107-88-54-44-46-56-90(88)109-104)117-94(82)67-92(80)115-100-61-71-58-59-72(60-73(71)62-101(100)116-93)74-48-42-43-53-79(74)106(111)114-5/h42-48,53-70,75-78H,6-41,49-52H2,1-5H3,(H,112,113). The highest BCUT2D eigenvalue weighted by atomic mass is 31.2. The van der Waals surface area contributed by atoms with Crippen molar-refractivity contribution >= 4 is 46.6 Å². The van der Waals surface area contributed by atoms with E-state index in [1.165, 1.54) is 136 Å². The molecule has 646 valence electrons. The van der Waals surface area contributed by atoms with Gasteiger partial charge in [0.25, 0.3) is 23.5 Å². The smallest absolute Gasteiger partial charge is 0.465 e. The van der Waals surface area contributed by atoms with Crippen LogP contribution in [0.25, 0.3) is 44.0 Å². The van der Waals surface area contributed by atoms with E-state index in [0.29, 0.717) is 99.3 Å². The van der Waals surface area contributed by atoms with E-state index < -0.39 is 37.5 Å². The number of fused-ring (bicyclic) bond motifs is 6. The van der Waals surface area contributed by atoms with Crippen molar-refractivity contribution in [1.82, 2.24) is 19.9 Å². The first kappa shape index (κ1) is 86.5. The molecule has 1 aliphatic carbocycles. The zero-order valence-electron chi connectivity index (χ0n) is 73.2. The minimum absolute atomic E-state index is 0.110. The molecule has 0 radical (unpaired) electrons. The van der Waals surface area contributed by atoms with Crippen molar-refractivity contribution in [2.75, 3.05) is 7.11 Å². The summed E-state index contributed by atoms with van der Waals surface area (Å²) >= 11 is 0. The van der Waals surface area contributed by atoms with Crippen molar-refractivity contribution in [2.45, 2.75) is 308 Å². The molecule has 123 heavy (non-hydrogen) atoms. The normalized spacial score (nSPS) is 16.8. The molecule has 2 aromatic heterocycles. The van der Waals surface area contributed by atoms with Crippen LogP contribution in [0.1, 0.15) is 363 Å². The van der Waals surface area contributed by atoms with Gasteiger partial charge >= 0.3 is 13.8 Å². The van der Waals surface area contributed by atoms with Gasteiger partial charge in [0, 0.05) is 92.4 Å². The topological polar surface area (TPSA) is 189 Å². The molecule has 1 N–H and O–H groups in total. The van der Waals surface area contributed by atoms with Gasteiger partial charge in [-0.1, -0.05) is 313 Å². The first-order chi connectivity index (χ1) is 60.4. The maximum Gasteiger partial charge on any atom is 0.584 e. The second kappa shape index (κ2) is 41.6. The zero-order chi connectivity index (χ0) is 84.4. The van der Waals surface area contributed by atoms with Crippen molar-refractivity contribution in [3.05, 3.63) is 202 Å². The molecule has 17 heteroatoms. The van der Waals surface area contributed by atoms with E-state index in [2.05, 4.69) is 88.4 Å². The lowest BCUT2D eigenvalue weighted by atomic mass is 9.76. The molecule has 0 fully saturated rings. The Morgan fingerprint density at radius 2 is 0.585 bits per heavy atom. The number of unbranched alkanes of at least 4 members (excludes halogenated alkanes) is 32. The minimum Gasteiger partial charge on any atom is -0.465 e. The summed E-state index contributed by atoms with van der Waals surface area (Å²) in [6, 6.07) is 50.5. The number of methoxy groups -OCH3 is 1. The molecule has 0 saturated carbocycles. The average molecular weight is 1680 g/mol. The molecule has 0 spiro atoms. The summed E-state index contributed by atoms with van der Waals surface area (Å²) in [6.07, 6.45) is 43.6. The third kappa shape index (κ3) is 20.7. The van der Waals surface area contributed by atoms with Crippen LogP contribution < -0.4 is 37.5 Å². The van der Waals surface area contributed by atoms with Gasteiger partial charge in [0.15, 0.2) is 11.5 Å². The van der Waals surface area contributed by atoms with Crippen LogP contribution in [0.4, 0.5) is 0 Å². The number of para-hydroxylation sites is 4. The van der Waals surface area contributed by atoms with E-state index >= 15 is 4.57 Å². The van der Waals surface area contributed by atoms with E-state index in [9.17, 15) is 9.69 Å². The van der Waals surface area contributed by atoms with Crippen LogP contribution in [-0.4, -0.2) is 37.9 Å². The maximum absolute atomic E-state index is 15.7. The Bertz CT molecular complexity index is 5550.